The van der Waals surface area contributed by atoms with Crippen LogP contribution in [0.5, 0.6) is 0 Å². The summed E-state index contributed by atoms with van der Waals surface area (Å²) in [6.45, 7) is 7.72. The van der Waals surface area contributed by atoms with E-state index in [1.807, 2.05) is 0 Å². The zero-order valence-corrected chi connectivity index (χ0v) is 14.9. The number of nitriles is 1. The monoisotopic (exact) mass is 277 g/mol. The fraction of sp³-hybridized carbons (Fsp3) is 0.889. The molecule has 0 amide bonds. The van der Waals surface area contributed by atoms with Crippen molar-refractivity contribution in [1.29, 1.82) is 5.26 Å². The molecule has 0 radical (unpaired) electrons. The summed E-state index contributed by atoms with van der Waals surface area (Å²) in [5.74, 6) is 0. The molecule has 1 atom stereocenters. The molecule has 0 spiro atoms. The lowest BCUT2D eigenvalue weighted by molar-refractivity contribution is 0.140. The maximum Gasteiger partial charge on any atom is 0.310 e. The van der Waals surface area contributed by atoms with Crippen molar-refractivity contribution in [2.24, 2.45) is 0 Å². The Kier molecular flexibility index (Phi) is 9.10. The number of hydrogen-bond donors (Lipinski definition) is 0. The highest BCUT2D eigenvalue weighted by Gasteiger charge is 2.24. The first kappa shape index (κ1) is 16.0. The third-order valence-corrected chi connectivity index (χ3v) is 11.3. The summed E-state index contributed by atoms with van der Waals surface area (Å²) in [6.07, 6.45) is 1.52. The second-order valence-corrected chi connectivity index (χ2v) is 11.8. The minimum absolute atomic E-state index is 0.484. The predicted molar refractivity (Wildman–Crippen MR) is 73.1 cm³/mol. The molecule has 0 aromatic rings. The molecule has 4 nitrogen and oxygen atoms in total. The van der Waals surface area contributed by atoms with Gasteiger partial charge in [-0.3, -0.25) is 0 Å². The minimum Gasteiger partial charge on any atom is -0.445 e. The molecule has 0 aromatic heterocycles. The van der Waals surface area contributed by atoms with Crippen molar-refractivity contribution in [3.8, 4) is 6.07 Å². The van der Waals surface area contributed by atoms with Gasteiger partial charge in [-0.05, 0) is 32.1 Å². The van der Waals surface area contributed by atoms with Gasteiger partial charge in [0.1, 0.15) is 10.5 Å². The Balaban J connectivity index is 3.44. The van der Waals surface area contributed by atoms with Crippen LogP contribution in [0.25, 0.3) is 0 Å². The van der Waals surface area contributed by atoms with E-state index in [2.05, 4.69) is 25.7 Å². The molecule has 0 aromatic carbocycles. The van der Waals surface area contributed by atoms with E-state index in [4.69, 9.17) is 18.2 Å². The van der Waals surface area contributed by atoms with Crippen molar-refractivity contribution in [2.75, 3.05) is 13.2 Å². The standard InChI is InChI=1S/C9H23NO3Si3/c1-15(13-16(2,3)12-14)9-5-8-11-7-4-6-10/h15H,4-5,7-9H2,1-3,14H3. The predicted octanol–water partition coefficient (Wildman–Crippen LogP) is 0.676. The van der Waals surface area contributed by atoms with Gasteiger partial charge in [0.05, 0.1) is 19.1 Å². The lowest BCUT2D eigenvalue weighted by Gasteiger charge is -2.25. The SMILES string of the molecule is C[SiH](CCCOCCC#N)O[Si](C)(C)O[SiH3]. The van der Waals surface area contributed by atoms with Crippen LogP contribution in [0.4, 0.5) is 0 Å². The van der Waals surface area contributed by atoms with Gasteiger partial charge in [0.15, 0.2) is 9.04 Å². The van der Waals surface area contributed by atoms with Crippen molar-refractivity contribution < 1.29 is 13.0 Å². The van der Waals surface area contributed by atoms with Gasteiger partial charge in [-0.25, -0.2) is 0 Å². The summed E-state index contributed by atoms with van der Waals surface area (Å²) in [6, 6.07) is 3.18. The molecular weight excluding hydrogens is 254 g/mol. The molecule has 0 aliphatic rings. The van der Waals surface area contributed by atoms with Crippen LogP contribution < -0.4 is 0 Å². The van der Waals surface area contributed by atoms with Gasteiger partial charge in [0, 0.05) is 6.61 Å². The van der Waals surface area contributed by atoms with Crippen molar-refractivity contribution in [2.45, 2.75) is 38.5 Å². The Morgan fingerprint density at radius 2 is 2.06 bits per heavy atom. The molecule has 94 valence electrons. The summed E-state index contributed by atoms with van der Waals surface area (Å²) in [7, 11) is -2.11. The van der Waals surface area contributed by atoms with Crippen LogP contribution in [0.2, 0.25) is 25.7 Å². The van der Waals surface area contributed by atoms with E-state index in [1.54, 1.807) is 0 Å². The van der Waals surface area contributed by atoms with Gasteiger partial charge in [-0.15, -0.1) is 0 Å². The first-order valence-electron chi connectivity index (χ1n) is 5.69. The van der Waals surface area contributed by atoms with Gasteiger partial charge in [0.2, 0.25) is 0 Å². The van der Waals surface area contributed by atoms with E-state index >= 15 is 0 Å². The molecular formula is C9H23NO3Si3. The Bertz CT molecular complexity index is 221. The van der Waals surface area contributed by atoms with Gasteiger partial charge < -0.3 is 13.0 Å². The van der Waals surface area contributed by atoms with E-state index < -0.39 is 17.6 Å². The number of ether oxygens (including phenoxy) is 1. The van der Waals surface area contributed by atoms with E-state index in [0.29, 0.717) is 13.0 Å². The van der Waals surface area contributed by atoms with Gasteiger partial charge in [-0.2, -0.15) is 5.26 Å². The molecule has 1 unspecified atom stereocenters. The second-order valence-electron chi connectivity index (χ2n) is 4.20. The van der Waals surface area contributed by atoms with Gasteiger partial charge >= 0.3 is 8.56 Å². The topological polar surface area (TPSA) is 51.5 Å². The van der Waals surface area contributed by atoms with Crippen molar-refractivity contribution in [3.05, 3.63) is 0 Å². The van der Waals surface area contributed by atoms with Crippen LogP contribution in [0.15, 0.2) is 0 Å². The largest absolute Gasteiger partial charge is 0.445 e. The highest BCUT2D eigenvalue weighted by molar-refractivity contribution is 6.75. The minimum atomic E-state index is -1.78. The molecule has 0 saturated heterocycles. The highest BCUT2D eigenvalue weighted by atomic mass is 28.4. The van der Waals surface area contributed by atoms with E-state index in [1.165, 1.54) is 0 Å². The summed E-state index contributed by atoms with van der Waals surface area (Å²) < 4.78 is 16.8. The van der Waals surface area contributed by atoms with Crippen molar-refractivity contribution in [1.82, 2.24) is 0 Å². The van der Waals surface area contributed by atoms with Crippen molar-refractivity contribution >= 4 is 28.1 Å². The first-order chi connectivity index (χ1) is 7.52. The Hall–Kier alpha value is 0.0206. The van der Waals surface area contributed by atoms with Crippen LogP contribution >= 0.6 is 0 Å². The quantitative estimate of drug-likeness (QED) is 0.459. The van der Waals surface area contributed by atoms with Crippen LogP contribution in [0.1, 0.15) is 12.8 Å². The summed E-state index contributed by atoms with van der Waals surface area (Å²) in [4.78, 5) is 0. The molecule has 0 aliphatic carbocycles. The van der Waals surface area contributed by atoms with Crippen LogP contribution in [0, 0.1) is 11.3 Å². The number of nitrogens with zero attached hydrogens (tertiary/aromatic N) is 1. The maximum atomic E-state index is 8.32. The molecule has 0 aliphatic heterocycles. The molecule has 16 heavy (non-hydrogen) atoms. The number of hydrogen-bond acceptors (Lipinski definition) is 4. The maximum absolute atomic E-state index is 8.32. The molecule has 0 fully saturated rings. The molecule has 7 heteroatoms. The second kappa shape index (κ2) is 9.09. The molecule has 0 saturated carbocycles. The Labute approximate surface area is 104 Å². The third-order valence-electron chi connectivity index (χ3n) is 2.23. The summed E-state index contributed by atoms with van der Waals surface area (Å²) in [5, 5.41) is 8.32. The van der Waals surface area contributed by atoms with Crippen molar-refractivity contribution in [3.63, 3.8) is 0 Å². The van der Waals surface area contributed by atoms with Crippen LogP contribution in [-0.2, 0) is 13.0 Å². The molecule has 0 N–H and O–H groups in total. The Morgan fingerprint density at radius 1 is 1.38 bits per heavy atom. The zero-order valence-electron chi connectivity index (χ0n) is 10.8. The fourth-order valence-electron chi connectivity index (χ4n) is 1.28. The average molecular weight is 278 g/mol. The fourth-order valence-corrected chi connectivity index (χ4v) is 7.62. The smallest absolute Gasteiger partial charge is 0.310 e. The lowest BCUT2D eigenvalue weighted by Crippen LogP contribution is -2.39. The first-order valence-corrected chi connectivity index (χ1v) is 11.8. The summed E-state index contributed by atoms with van der Waals surface area (Å²) in [5.41, 5.74) is 0. The van der Waals surface area contributed by atoms with Crippen LogP contribution in [-0.4, -0.2) is 41.3 Å². The zero-order chi connectivity index (χ0) is 12.4. The lowest BCUT2D eigenvalue weighted by atomic mass is 10.5. The molecule has 0 bridgehead atoms. The molecule has 0 heterocycles. The van der Waals surface area contributed by atoms with Gasteiger partial charge in [0.25, 0.3) is 0 Å². The highest BCUT2D eigenvalue weighted by Crippen LogP contribution is 2.10. The van der Waals surface area contributed by atoms with Crippen LogP contribution in [0.3, 0.4) is 0 Å². The third kappa shape index (κ3) is 9.26. The van der Waals surface area contributed by atoms with E-state index in [-0.39, 0.29) is 0 Å². The normalized spacial score (nSPS) is 13.6. The summed E-state index contributed by atoms with van der Waals surface area (Å²) >= 11 is 0. The average Bonchev–Trinajstić information content (AvgIpc) is 2.22. The van der Waals surface area contributed by atoms with Gasteiger partial charge in [-0.1, -0.05) is 0 Å². The van der Waals surface area contributed by atoms with E-state index in [9.17, 15) is 0 Å². The number of rotatable bonds is 9. The molecule has 0 rings (SSSR count). The Morgan fingerprint density at radius 3 is 2.62 bits per heavy atom. The van der Waals surface area contributed by atoms with E-state index in [0.717, 1.165) is 29.6 Å².